The number of pyridine rings is 1. The molecule has 0 N–H and O–H groups in total. The first-order valence-electron chi connectivity index (χ1n) is 11.9. The fourth-order valence-electron chi connectivity index (χ4n) is 4.25. The minimum atomic E-state index is 0.667. The molecule has 0 atom stereocenters. The number of benzene rings is 3. The first-order valence-corrected chi connectivity index (χ1v) is 12.9. The maximum absolute atomic E-state index is 5.54. The van der Waals surface area contributed by atoms with Gasteiger partial charge in [0.1, 0.15) is 5.75 Å². The first-order chi connectivity index (χ1) is 17.8. The molecule has 0 saturated carbocycles. The van der Waals surface area contributed by atoms with Gasteiger partial charge >= 0.3 is 0 Å². The second-order valence-corrected chi connectivity index (χ2v) is 9.29. The summed E-state index contributed by atoms with van der Waals surface area (Å²) in [6, 6.07) is 28.7. The SMILES string of the molecule is COCCCn1c(SCc2ccccc2OC)nnc1-c1cc(-c2ccccc2)nc2ccccc12. The van der Waals surface area contributed by atoms with Gasteiger partial charge in [0.2, 0.25) is 0 Å². The molecule has 6 nitrogen and oxygen atoms in total. The van der Waals surface area contributed by atoms with Gasteiger partial charge in [0.15, 0.2) is 11.0 Å². The zero-order valence-corrected chi connectivity index (χ0v) is 21.2. The van der Waals surface area contributed by atoms with E-state index in [4.69, 9.17) is 19.6 Å². The molecule has 0 bridgehead atoms. The Morgan fingerprint density at radius 1 is 0.861 bits per heavy atom. The van der Waals surface area contributed by atoms with Gasteiger partial charge in [-0.05, 0) is 24.6 Å². The van der Waals surface area contributed by atoms with E-state index in [1.165, 1.54) is 0 Å². The normalized spacial score (nSPS) is 11.2. The van der Waals surface area contributed by atoms with E-state index in [1.54, 1.807) is 26.0 Å². The average molecular weight is 497 g/mol. The standard InChI is InChI=1S/C29H28N4O2S/c1-34-18-10-17-33-28(31-32-29(33)36-20-22-13-6-9-16-27(22)35-2)24-19-26(21-11-4-3-5-12-21)30-25-15-8-7-14-23(24)25/h3-9,11-16,19H,10,17-18,20H2,1-2H3. The lowest BCUT2D eigenvalue weighted by Gasteiger charge is -2.13. The number of thioether (sulfide) groups is 1. The van der Waals surface area contributed by atoms with Gasteiger partial charge in [-0.15, -0.1) is 10.2 Å². The monoisotopic (exact) mass is 496 g/mol. The number of aromatic nitrogens is 4. The van der Waals surface area contributed by atoms with Crippen LogP contribution in [0.1, 0.15) is 12.0 Å². The molecule has 0 radical (unpaired) electrons. The fourth-order valence-corrected chi connectivity index (χ4v) is 5.20. The molecule has 0 amide bonds. The number of para-hydroxylation sites is 2. The molecule has 36 heavy (non-hydrogen) atoms. The summed E-state index contributed by atoms with van der Waals surface area (Å²) >= 11 is 1.66. The van der Waals surface area contributed by atoms with Crippen LogP contribution < -0.4 is 4.74 Å². The number of fused-ring (bicyclic) bond motifs is 1. The molecule has 0 unspecified atom stereocenters. The Hall–Kier alpha value is -3.68. The van der Waals surface area contributed by atoms with Crippen LogP contribution >= 0.6 is 11.8 Å². The highest BCUT2D eigenvalue weighted by Crippen LogP contribution is 2.34. The third kappa shape index (κ3) is 5.12. The fraction of sp³-hybridized carbons (Fsp3) is 0.207. The maximum Gasteiger partial charge on any atom is 0.191 e. The van der Waals surface area contributed by atoms with Crippen LogP contribution in [0, 0.1) is 0 Å². The summed E-state index contributed by atoms with van der Waals surface area (Å²) in [5.74, 6) is 2.45. The number of nitrogens with zero attached hydrogens (tertiary/aromatic N) is 4. The molecule has 0 saturated heterocycles. The van der Waals surface area contributed by atoms with Crippen molar-refractivity contribution in [2.45, 2.75) is 23.9 Å². The Morgan fingerprint density at radius 2 is 1.64 bits per heavy atom. The Bertz CT molecular complexity index is 1450. The molecule has 5 aromatic rings. The van der Waals surface area contributed by atoms with Crippen molar-refractivity contribution in [3.05, 3.63) is 90.5 Å². The second kappa shape index (κ2) is 11.4. The van der Waals surface area contributed by atoms with E-state index in [9.17, 15) is 0 Å². The number of methoxy groups -OCH3 is 2. The van der Waals surface area contributed by atoms with Crippen molar-refractivity contribution < 1.29 is 9.47 Å². The third-order valence-corrected chi connectivity index (χ3v) is 7.04. The molecule has 0 fully saturated rings. The third-order valence-electron chi connectivity index (χ3n) is 6.02. The highest BCUT2D eigenvalue weighted by Gasteiger charge is 2.19. The molecule has 7 heteroatoms. The minimum absolute atomic E-state index is 0.667. The zero-order valence-electron chi connectivity index (χ0n) is 20.4. The van der Waals surface area contributed by atoms with E-state index in [0.717, 1.165) is 68.7 Å². The Morgan fingerprint density at radius 3 is 2.47 bits per heavy atom. The summed E-state index contributed by atoms with van der Waals surface area (Å²) in [5.41, 5.74) is 5.07. The maximum atomic E-state index is 5.54. The Kier molecular flexibility index (Phi) is 7.59. The first kappa shape index (κ1) is 24.0. The summed E-state index contributed by atoms with van der Waals surface area (Å²) in [7, 11) is 3.43. The summed E-state index contributed by atoms with van der Waals surface area (Å²) in [5, 5.41) is 11.2. The molecule has 0 aliphatic carbocycles. The summed E-state index contributed by atoms with van der Waals surface area (Å²) in [4.78, 5) is 4.94. The van der Waals surface area contributed by atoms with Crippen LogP contribution in [0.15, 0.2) is 90.1 Å². The van der Waals surface area contributed by atoms with Crippen LogP contribution in [0.25, 0.3) is 33.5 Å². The smallest absolute Gasteiger partial charge is 0.191 e. The van der Waals surface area contributed by atoms with Crippen LogP contribution in [0.2, 0.25) is 0 Å². The number of ether oxygens (including phenoxy) is 2. The van der Waals surface area contributed by atoms with Crippen molar-refractivity contribution in [2.75, 3.05) is 20.8 Å². The van der Waals surface area contributed by atoms with Crippen LogP contribution in [0.5, 0.6) is 5.75 Å². The largest absolute Gasteiger partial charge is 0.496 e. The van der Waals surface area contributed by atoms with Gasteiger partial charge in [-0.1, -0.05) is 78.5 Å². The van der Waals surface area contributed by atoms with Gasteiger partial charge in [0.05, 0.1) is 18.3 Å². The molecule has 0 spiro atoms. The van der Waals surface area contributed by atoms with E-state index in [-0.39, 0.29) is 0 Å². The predicted molar refractivity (Wildman–Crippen MR) is 145 cm³/mol. The van der Waals surface area contributed by atoms with Crippen LogP contribution in [-0.2, 0) is 17.0 Å². The molecular formula is C29H28N4O2S. The lowest BCUT2D eigenvalue weighted by atomic mass is 10.0. The molecule has 2 heterocycles. The zero-order chi connectivity index (χ0) is 24.7. The molecule has 2 aromatic heterocycles. The van der Waals surface area contributed by atoms with E-state index >= 15 is 0 Å². The quantitative estimate of drug-likeness (QED) is 0.162. The van der Waals surface area contributed by atoms with Gasteiger partial charge in [-0.3, -0.25) is 0 Å². The van der Waals surface area contributed by atoms with Crippen molar-refractivity contribution >= 4 is 22.7 Å². The van der Waals surface area contributed by atoms with E-state index < -0.39 is 0 Å². The molecular weight excluding hydrogens is 468 g/mol. The second-order valence-electron chi connectivity index (χ2n) is 8.34. The van der Waals surface area contributed by atoms with Gasteiger partial charge in [-0.2, -0.15) is 0 Å². The Balaban J connectivity index is 1.58. The van der Waals surface area contributed by atoms with Gasteiger partial charge in [-0.25, -0.2) is 4.98 Å². The van der Waals surface area contributed by atoms with Crippen molar-refractivity contribution in [3.63, 3.8) is 0 Å². The molecule has 3 aromatic carbocycles. The van der Waals surface area contributed by atoms with Gasteiger partial charge in [0, 0.05) is 48.1 Å². The molecule has 0 aliphatic rings. The molecule has 182 valence electrons. The Labute approximate surface area is 215 Å². The van der Waals surface area contributed by atoms with Crippen molar-refractivity contribution in [1.82, 2.24) is 19.7 Å². The van der Waals surface area contributed by atoms with Crippen molar-refractivity contribution in [2.24, 2.45) is 0 Å². The van der Waals surface area contributed by atoms with E-state index in [2.05, 4.69) is 40.0 Å². The average Bonchev–Trinajstić information content (AvgIpc) is 3.34. The van der Waals surface area contributed by atoms with E-state index in [0.29, 0.717) is 6.61 Å². The lowest BCUT2D eigenvalue weighted by molar-refractivity contribution is 0.189. The van der Waals surface area contributed by atoms with E-state index in [1.807, 2.05) is 54.6 Å². The highest BCUT2D eigenvalue weighted by molar-refractivity contribution is 7.98. The van der Waals surface area contributed by atoms with Crippen LogP contribution in [-0.4, -0.2) is 40.6 Å². The van der Waals surface area contributed by atoms with Crippen molar-refractivity contribution in [3.8, 4) is 28.4 Å². The summed E-state index contributed by atoms with van der Waals surface area (Å²) < 4.78 is 13.1. The summed E-state index contributed by atoms with van der Waals surface area (Å²) in [6.45, 7) is 1.42. The van der Waals surface area contributed by atoms with Gasteiger partial charge < -0.3 is 14.0 Å². The van der Waals surface area contributed by atoms with Crippen molar-refractivity contribution in [1.29, 1.82) is 0 Å². The highest BCUT2D eigenvalue weighted by atomic mass is 32.2. The molecule has 5 rings (SSSR count). The minimum Gasteiger partial charge on any atom is -0.496 e. The topological polar surface area (TPSA) is 62.1 Å². The van der Waals surface area contributed by atoms with Crippen LogP contribution in [0.3, 0.4) is 0 Å². The predicted octanol–water partition coefficient (Wildman–Crippen LogP) is 6.50. The van der Waals surface area contributed by atoms with Crippen LogP contribution in [0.4, 0.5) is 0 Å². The molecule has 0 aliphatic heterocycles. The van der Waals surface area contributed by atoms with Gasteiger partial charge in [0.25, 0.3) is 0 Å². The number of hydrogen-bond donors (Lipinski definition) is 0. The number of rotatable bonds is 10. The lowest BCUT2D eigenvalue weighted by Crippen LogP contribution is -2.06. The summed E-state index contributed by atoms with van der Waals surface area (Å²) in [6.07, 6.45) is 0.859. The number of hydrogen-bond acceptors (Lipinski definition) is 6.